The molecule has 172 valence electrons. The van der Waals surface area contributed by atoms with Crippen molar-refractivity contribution >= 4 is 27.2 Å². The first-order valence-corrected chi connectivity index (χ1v) is 11.3. The number of hydrogen-bond donors (Lipinski definition) is 2. The third kappa shape index (κ3) is 5.80. The minimum atomic E-state index is -4.74. The fourth-order valence-corrected chi connectivity index (χ4v) is 4.57. The van der Waals surface area contributed by atoms with E-state index >= 15 is 0 Å². The summed E-state index contributed by atoms with van der Waals surface area (Å²) in [4.78, 5) is 4.51. The van der Waals surface area contributed by atoms with Crippen molar-refractivity contribution in [3.63, 3.8) is 0 Å². The van der Waals surface area contributed by atoms with Crippen molar-refractivity contribution in [1.29, 1.82) is 0 Å². The van der Waals surface area contributed by atoms with Gasteiger partial charge in [-0.3, -0.25) is 0 Å². The molecule has 0 bridgehead atoms. The van der Waals surface area contributed by atoms with E-state index in [1.54, 1.807) is 44.2 Å². The van der Waals surface area contributed by atoms with E-state index in [1.807, 2.05) is 0 Å². The summed E-state index contributed by atoms with van der Waals surface area (Å²) in [7, 11) is -3.54. The molecule has 7 nitrogen and oxygen atoms in total. The molecule has 0 amide bonds. The van der Waals surface area contributed by atoms with Crippen LogP contribution < -0.4 is 15.4 Å². The lowest BCUT2D eigenvalue weighted by atomic mass is 10.1. The van der Waals surface area contributed by atoms with Gasteiger partial charge >= 0.3 is 6.36 Å². The molecule has 2 N–H and O–H groups in total. The van der Waals surface area contributed by atoms with Gasteiger partial charge in [-0.1, -0.05) is 26.0 Å². The fraction of sp³-hybridized carbons (Fsp3) is 0.286. The van der Waals surface area contributed by atoms with Crippen LogP contribution in [-0.4, -0.2) is 44.7 Å². The summed E-state index contributed by atoms with van der Waals surface area (Å²) in [5.74, 6) is 0.189. The van der Waals surface area contributed by atoms with Crippen molar-refractivity contribution in [2.75, 3.05) is 25.1 Å². The summed E-state index contributed by atoms with van der Waals surface area (Å²) >= 11 is 0. The average molecular weight is 469 g/mol. The summed E-state index contributed by atoms with van der Waals surface area (Å²) in [6.45, 7) is 4.64. The highest BCUT2D eigenvalue weighted by Gasteiger charge is 2.31. The number of aliphatic imine (C=N–C) groups is 1. The third-order valence-corrected chi connectivity index (χ3v) is 6.73. The largest absolute Gasteiger partial charge is 0.573 e. The number of amidine groups is 1. The van der Waals surface area contributed by atoms with Gasteiger partial charge in [-0.05, 0) is 42.0 Å². The van der Waals surface area contributed by atoms with Crippen molar-refractivity contribution in [1.82, 2.24) is 9.62 Å². The normalized spacial score (nSPS) is 14.4. The van der Waals surface area contributed by atoms with Gasteiger partial charge in [0.2, 0.25) is 10.0 Å². The molecular weight excluding hydrogens is 445 g/mol. The number of rotatable bonds is 7. The lowest BCUT2D eigenvalue weighted by molar-refractivity contribution is -0.274. The van der Waals surface area contributed by atoms with Crippen LogP contribution in [0, 0.1) is 0 Å². The molecule has 11 heteroatoms. The van der Waals surface area contributed by atoms with E-state index < -0.39 is 16.4 Å². The maximum atomic E-state index is 12.6. The van der Waals surface area contributed by atoms with Crippen LogP contribution in [-0.2, 0) is 10.0 Å². The van der Waals surface area contributed by atoms with E-state index in [0.717, 1.165) is 11.3 Å². The number of benzene rings is 2. The Morgan fingerprint density at radius 2 is 1.69 bits per heavy atom. The number of sulfonamides is 1. The molecule has 0 spiro atoms. The van der Waals surface area contributed by atoms with E-state index in [4.69, 9.17) is 0 Å². The van der Waals surface area contributed by atoms with Crippen molar-refractivity contribution in [3.05, 3.63) is 60.2 Å². The average Bonchev–Trinajstić information content (AvgIpc) is 2.75. The summed E-state index contributed by atoms with van der Waals surface area (Å²) < 4.78 is 67.3. The molecule has 0 radical (unpaired) electrons. The van der Waals surface area contributed by atoms with Crippen LogP contribution in [0.15, 0.2) is 64.5 Å². The first-order valence-electron chi connectivity index (χ1n) is 9.86. The summed E-state index contributed by atoms with van der Waals surface area (Å²) in [5, 5.41) is 6.15. The van der Waals surface area contributed by atoms with Gasteiger partial charge in [0.15, 0.2) is 0 Å². The molecule has 3 rings (SSSR count). The van der Waals surface area contributed by atoms with Crippen molar-refractivity contribution < 1.29 is 26.3 Å². The number of ether oxygens (including phenoxy) is 1. The monoisotopic (exact) mass is 468 g/mol. The van der Waals surface area contributed by atoms with Crippen LogP contribution in [0.4, 0.5) is 18.9 Å². The van der Waals surface area contributed by atoms with Crippen LogP contribution in [0.5, 0.6) is 5.75 Å². The second-order valence-corrected chi connectivity index (χ2v) is 8.69. The Bertz CT molecular complexity index is 1090. The quantitative estimate of drug-likeness (QED) is 0.641. The van der Waals surface area contributed by atoms with Crippen molar-refractivity contribution in [2.24, 2.45) is 4.99 Å². The maximum absolute atomic E-state index is 12.6. The molecule has 0 fully saturated rings. The molecule has 0 saturated heterocycles. The molecule has 2 aromatic rings. The van der Waals surface area contributed by atoms with Gasteiger partial charge in [0, 0.05) is 30.5 Å². The van der Waals surface area contributed by atoms with Gasteiger partial charge < -0.3 is 15.4 Å². The zero-order chi connectivity index (χ0) is 23.4. The van der Waals surface area contributed by atoms with Gasteiger partial charge in [0.1, 0.15) is 18.3 Å². The van der Waals surface area contributed by atoms with Crippen molar-refractivity contribution in [3.8, 4) is 5.75 Å². The molecule has 1 aliphatic heterocycles. The van der Waals surface area contributed by atoms with Gasteiger partial charge in [-0.15, -0.1) is 13.2 Å². The Morgan fingerprint density at radius 1 is 1.06 bits per heavy atom. The molecule has 1 heterocycles. The highest BCUT2D eigenvalue weighted by atomic mass is 32.2. The first-order chi connectivity index (χ1) is 15.1. The molecule has 32 heavy (non-hydrogen) atoms. The topological polar surface area (TPSA) is 83.0 Å². The predicted molar refractivity (Wildman–Crippen MR) is 117 cm³/mol. The second kappa shape index (κ2) is 9.61. The fourth-order valence-electron chi connectivity index (χ4n) is 3.11. The first kappa shape index (κ1) is 23.6. The highest BCUT2D eigenvalue weighted by molar-refractivity contribution is 7.89. The lowest BCUT2D eigenvalue weighted by Crippen LogP contribution is -2.30. The number of alkyl halides is 3. The Kier molecular flexibility index (Phi) is 7.09. The number of halogens is 3. The van der Waals surface area contributed by atoms with E-state index in [0.29, 0.717) is 24.6 Å². The van der Waals surface area contributed by atoms with Crippen LogP contribution >= 0.6 is 0 Å². The van der Waals surface area contributed by atoms with E-state index in [-0.39, 0.29) is 17.3 Å². The minimum Gasteiger partial charge on any atom is -0.406 e. The molecule has 0 aromatic heterocycles. The Balaban J connectivity index is 1.72. The van der Waals surface area contributed by atoms with Crippen LogP contribution in [0.25, 0.3) is 5.70 Å². The highest BCUT2D eigenvalue weighted by Crippen LogP contribution is 2.25. The number of hydrogen-bond acceptors (Lipinski definition) is 6. The molecule has 0 unspecified atom stereocenters. The van der Waals surface area contributed by atoms with Crippen LogP contribution in [0.1, 0.15) is 19.4 Å². The molecule has 2 aromatic carbocycles. The van der Waals surface area contributed by atoms with E-state index in [9.17, 15) is 21.6 Å². The summed E-state index contributed by atoms with van der Waals surface area (Å²) in [5.41, 5.74) is 2.04. The predicted octanol–water partition coefficient (Wildman–Crippen LogP) is 4.03. The van der Waals surface area contributed by atoms with Gasteiger partial charge in [0.25, 0.3) is 0 Å². The third-order valence-electron chi connectivity index (χ3n) is 4.67. The number of nitrogens with zero attached hydrogens (tertiary/aromatic N) is 2. The van der Waals surface area contributed by atoms with Gasteiger partial charge in [-0.2, -0.15) is 4.31 Å². The number of nitrogens with one attached hydrogen (secondary N) is 2. The summed E-state index contributed by atoms with van der Waals surface area (Å²) in [6.07, 6.45) is -3.01. The zero-order valence-corrected chi connectivity index (χ0v) is 18.3. The Hall–Kier alpha value is -3.05. The van der Waals surface area contributed by atoms with Crippen LogP contribution in [0.2, 0.25) is 0 Å². The lowest BCUT2D eigenvalue weighted by Gasteiger charge is -2.20. The molecule has 0 saturated carbocycles. The van der Waals surface area contributed by atoms with Gasteiger partial charge in [-0.25, -0.2) is 13.4 Å². The smallest absolute Gasteiger partial charge is 0.406 e. The summed E-state index contributed by atoms with van der Waals surface area (Å²) in [6, 6.07) is 11.8. The number of anilines is 1. The van der Waals surface area contributed by atoms with Gasteiger partial charge in [0.05, 0.1) is 4.90 Å². The Labute approximate surface area is 184 Å². The SMILES string of the molecule is CCN(CC)S(=O)(=O)c1ccc(C2=CC(Nc3ccc(OC(F)(F)F)cc3)=NCN2)cc1. The molecule has 0 atom stereocenters. The molecule has 0 aliphatic carbocycles. The van der Waals surface area contributed by atoms with E-state index in [2.05, 4.69) is 20.4 Å². The second-order valence-electron chi connectivity index (χ2n) is 6.75. The maximum Gasteiger partial charge on any atom is 0.573 e. The molecule has 1 aliphatic rings. The Morgan fingerprint density at radius 3 is 2.25 bits per heavy atom. The van der Waals surface area contributed by atoms with Crippen molar-refractivity contribution in [2.45, 2.75) is 25.1 Å². The standard InChI is InChI=1S/C21H23F3N4O3S/c1-3-28(4-2)32(29,30)18-11-5-15(6-12-18)19-13-20(26-14-25-19)27-16-7-9-17(10-8-16)31-21(22,23)24/h5-13,25H,3-4,14H2,1-2H3,(H,26,27). The minimum absolute atomic E-state index is 0.217. The van der Waals surface area contributed by atoms with E-state index in [1.165, 1.54) is 28.6 Å². The van der Waals surface area contributed by atoms with Crippen LogP contribution in [0.3, 0.4) is 0 Å². The zero-order valence-electron chi connectivity index (χ0n) is 17.5. The molecular formula is C21H23F3N4O3S.